The Bertz CT molecular complexity index is 666. The number of ketones is 1. The van der Waals surface area contributed by atoms with Crippen molar-refractivity contribution in [1.29, 1.82) is 0 Å². The molecule has 0 aliphatic carbocycles. The predicted molar refractivity (Wildman–Crippen MR) is 103 cm³/mol. The smallest absolute Gasteiger partial charge is 0.222 e. The lowest BCUT2D eigenvalue weighted by Gasteiger charge is -2.48. The summed E-state index contributed by atoms with van der Waals surface area (Å²) in [5, 5.41) is 0. The maximum atomic E-state index is 12.3. The molecule has 1 spiro atoms. The lowest BCUT2D eigenvalue weighted by Crippen LogP contribution is -2.54. The molecule has 0 N–H and O–H groups in total. The van der Waals surface area contributed by atoms with Gasteiger partial charge in [0.15, 0.2) is 5.78 Å². The fourth-order valence-corrected chi connectivity index (χ4v) is 4.62. The van der Waals surface area contributed by atoms with Crippen LogP contribution in [0.4, 0.5) is 0 Å². The molecule has 1 amide bonds. The SMILES string of the molecule is CCCCN1C[C@]2(CCCN(Cc3cc(C(C)=O)cn3C)C2)CCC1=O. The Labute approximate surface area is 157 Å². The summed E-state index contributed by atoms with van der Waals surface area (Å²) in [7, 11) is 2.02. The average Bonchev–Trinajstić information content (AvgIpc) is 2.97. The first-order valence-corrected chi connectivity index (χ1v) is 10.1. The van der Waals surface area contributed by atoms with Crippen molar-refractivity contribution in [3.8, 4) is 0 Å². The molecule has 144 valence electrons. The van der Waals surface area contributed by atoms with Crippen molar-refractivity contribution in [3.63, 3.8) is 0 Å². The van der Waals surface area contributed by atoms with E-state index in [4.69, 9.17) is 0 Å². The maximum Gasteiger partial charge on any atom is 0.222 e. The Kier molecular flexibility index (Phi) is 5.86. The first-order chi connectivity index (χ1) is 12.4. The van der Waals surface area contributed by atoms with Crippen LogP contribution in [0.3, 0.4) is 0 Å². The Morgan fingerprint density at radius 3 is 2.77 bits per heavy atom. The molecule has 5 heteroatoms. The van der Waals surface area contributed by atoms with Crippen LogP contribution < -0.4 is 0 Å². The molecule has 3 heterocycles. The fraction of sp³-hybridized carbons (Fsp3) is 0.714. The van der Waals surface area contributed by atoms with Gasteiger partial charge in [-0.05, 0) is 45.2 Å². The second-order valence-electron chi connectivity index (χ2n) is 8.37. The quantitative estimate of drug-likeness (QED) is 0.733. The third-order valence-corrected chi connectivity index (χ3v) is 6.17. The molecule has 2 fully saturated rings. The second-order valence-corrected chi connectivity index (χ2v) is 8.37. The lowest BCUT2D eigenvalue weighted by molar-refractivity contribution is -0.139. The summed E-state index contributed by atoms with van der Waals surface area (Å²) in [5.74, 6) is 0.467. The van der Waals surface area contributed by atoms with Gasteiger partial charge < -0.3 is 9.47 Å². The number of amides is 1. The Balaban J connectivity index is 1.67. The molecule has 5 nitrogen and oxygen atoms in total. The first-order valence-electron chi connectivity index (χ1n) is 10.1. The van der Waals surface area contributed by atoms with Crippen molar-refractivity contribution in [3.05, 3.63) is 23.5 Å². The molecule has 2 aliphatic rings. The van der Waals surface area contributed by atoms with E-state index in [2.05, 4.69) is 21.3 Å². The molecular formula is C21H33N3O2. The number of Topliss-reactive ketones (excluding diaryl/α,β-unsaturated/α-hetero) is 1. The number of aromatic nitrogens is 1. The average molecular weight is 360 g/mol. The summed E-state index contributed by atoms with van der Waals surface area (Å²) < 4.78 is 2.08. The molecule has 0 bridgehead atoms. The highest BCUT2D eigenvalue weighted by molar-refractivity contribution is 5.94. The van der Waals surface area contributed by atoms with Crippen LogP contribution in [0.15, 0.2) is 12.3 Å². The van der Waals surface area contributed by atoms with E-state index in [-0.39, 0.29) is 11.2 Å². The molecule has 26 heavy (non-hydrogen) atoms. The molecule has 1 aromatic rings. The molecule has 0 aromatic carbocycles. The normalized spacial score (nSPS) is 24.4. The molecular weight excluding hydrogens is 326 g/mol. The van der Waals surface area contributed by atoms with E-state index >= 15 is 0 Å². The summed E-state index contributed by atoms with van der Waals surface area (Å²) in [6, 6.07) is 2.03. The van der Waals surface area contributed by atoms with Crippen LogP contribution in [0.25, 0.3) is 0 Å². The molecule has 0 unspecified atom stereocenters. The van der Waals surface area contributed by atoms with Gasteiger partial charge in [0, 0.05) is 62.5 Å². The van der Waals surface area contributed by atoms with Gasteiger partial charge in [-0.15, -0.1) is 0 Å². The largest absolute Gasteiger partial charge is 0.353 e. The molecule has 0 radical (unpaired) electrons. The number of aryl methyl sites for hydroxylation is 1. The van der Waals surface area contributed by atoms with Crippen molar-refractivity contribution < 1.29 is 9.59 Å². The van der Waals surface area contributed by atoms with E-state index in [9.17, 15) is 9.59 Å². The van der Waals surface area contributed by atoms with Crippen LogP contribution >= 0.6 is 0 Å². The molecule has 0 saturated carbocycles. The van der Waals surface area contributed by atoms with Crippen LogP contribution in [0.5, 0.6) is 0 Å². The molecule has 2 saturated heterocycles. The van der Waals surface area contributed by atoms with Gasteiger partial charge in [-0.1, -0.05) is 13.3 Å². The van der Waals surface area contributed by atoms with E-state index < -0.39 is 0 Å². The minimum absolute atomic E-state index is 0.124. The highest BCUT2D eigenvalue weighted by Gasteiger charge is 2.41. The summed E-state index contributed by atoms with van der Waals surface area (Å²) in [6.45, 7) is 8.69. The minimum Gasteiger partial charge on any atom is -0.353 e. The van der Waals surface area contributed by atoms with E-state index in [0.717, 1.165) is 57.5 Å². The van der Waals surface area contributed by atoms with Crippen molar-refractivity contribution in [2.75, 3.05) is 26.2 Å². The molecule has 2 aliphatic heterocycles. The number of nitrogens with zero attached hydrogens (tertiary/aromatic N) is 3. The van der Waals surface area contributed by atoms with E-state index in [1.165, 1.54) is 18.5 Å². The van der Waals surface area contributed by atoms with Crippen molar-refractivity contribution in [1.82, 2.24) is 14.4 Å². The third kappa shape index (κ3) is 4.20. The molecule has 3 rings (SSSR count). The molecule has 1 aromatic heterocycles. The lowest BCUT2D eigenvalue weighted by atomic mass is 9.73. The standard InChI is InChI=1S/C21H33N3O2/c1-4-5-11-24-16-21(9-7-20(24)26)8-6-10-23(15-21)14-19-12-18(17(2)25)13-22(19)3/h12-13H,4-11,14-16H2,1-3H3/t21-/m1/s1. The topological polar surface area (TPSA) is 45.5 Å². The van der Waals surface area contributed by atoms with Crippen molar-refractivity contribution in [2.45, 2.75) is 58.9 Å². The highest BCUT2D eigenvalue weighted by atomic mass is 16.2. The number of unbranched alkanes of at least 4 members (excludes halogenated alkanes) is 1. The summed E-state index contributed by atoms with van der Waals surface area (Å²) in [6.07, 6.45) is 8.32. The number of carbonyl (C=O) groups excluding carboxylic acids is 2. The number of hydrogen-bond donors (Lipinski definition) is 0. The third-order valence-electron chi connectivity index (χ3n) is 6.17. The Morgan fingerprint density at radius 1 is 1.27 bits per heavy atom. The number of rotatable bonds is 6. The number of carbonyl (C=O) groups is 2. The van der Waals surface area contributed by atoms with Gasteiger partial charge in [0.2, 0.25) is 5.91 Å². The Hall–Kier alpha value is -1.62. The first kappa shape index (κ1) is 19.2. The number of likely N-dealkylation sites (tertiary alicyclic amines) is 2. The van der Waals surface area contributed by atoms with Crippen LogP contribution in [0.1, 0.15) is 68.4 Å². The van der Waals surface area contributed by atoms with E-state index in [1.54, 1.807) is 6.92 Å². The Morgan fingerprint density at radius 2 is 2.08 bits per heavy atom. The predicted octanol–water partition coefficient (Wildman–Crippen LogP) is 3.23. The molecule has 1 atom stereocenters. The minimum atomic E-state index is 0.124. The van der Waals surface area contributed by atoms with Gasteiger partial charge in [0.05, 0.1) is 0 Å². The maximum absolute atomic E-state index is 12.3. The summed E-state index contributed by atoms with van der Waals surface area (Å²) in [4.78, 5) is 28.6. The van der Waals surface area contributed by atoms with Crippen molar-refractivity contribution >= 4 is 11.7 Å². The van der Waals surface area contributed by atoms with Crippen LogP contribution in [0.2, 0.25) is 0 Å². The highest BCUT2D eigenvalue weighted by Crippen LogP contribution is 2.39. The zero-order valence-corrected chi connectivity index (χ0v) is 16.6. The van der Waals surface area contributed by atoms with Gasteiger partial charge in [0.25, 0.3) is 0 Å². The van der Waals surface area contributed by atoms with E-state index in [1.807, 2.05) is 19.3 Å². The zero-order valence-electron chi connectivity index (χ0n) is 16.6. The van der Waals surface area contributed by atoms with Crippen molar-refractivity contribution in [2.24, 2.45) is 12.5 Å². The van der Waals surface area contributed by atoms with Crippen LogP contribution in [-0.2, 0) is 18.4 Å². The van der Waals surface area contributed by atoms with Gasteiger partial charge in [-0.3, -0.25) is 14.5 Å². The van der Waals surface area contributed by atoms with Gasteiger partial charge in [-0.25, -0.2) is 0 Å². The summed E-state index contributed by atoms with van der Waals surface area (Å²) in [5.41, 5.74) is 2.25. The zero-order chi connectivity index (χ0) is 18.7. The van der Waals surface area contributed by atoms with E-state index in [0.29, 0.717) is 12.3 Å². The fourth-order valence-electron chi connectivity index (χ4n) is 4.62. The monoisotopic (exact) mass is 359 g/mol. The van der Waals surface area contributed by atoms with Crippen LogP contribution in [0, 0.1) is 5.41 Å². The van der Waals surface area contributed by atoms with Crippen LogP contribution in [-0.4, -0.2) is 52.2 Å². The second kappa shape index (κ2) is 7.95. The number of piperidine rings is 2. The van der Waals surface area contributed by atoms with Gasteiger partial charge >= 0.3 is 0 Å². The number of hydrogen-bond acceptors (Lipinski definition) is 3. The van der Waals surface area contributed by atoms with Gasteiger partial charge in [-0.2, -0.15) is 0 Å². The van der Waals surface area contributed by atoms with Gasteiger partial charge in [0.1, 0.15) is 0 Å². The summed E-state index contributed by atoms with van der Waals surface area (Å²) >= 11 is 0.